The van der Waals surface area contributed by atoms with Gasteiger partial charge in [-0.2, -0.15) is 0 Å². The molecule has 1 atom stereocenters. The predicted molar refractivity (Wildman–Crippen MR) is 88.3 cm³/mol. The molecule has 0 saturated heterocycles. The Kier molecular flexibility index (Phi) is 6.96. The fourth-order valence-corrected chi connectivity index (χ4v) is 1.88. The molecule has 7 nitrogen and oxygen atoms in total. The van der Waals surface area contributed by atoms with E-state index in [0.717, 1.165) is 12.0 Å². The Balaban J connectivity index is 2.41. The summed E-state index contributed by atoms with van der Waals surface area (Å²) in [6.45, 7) is 8.50. The molecule has 0 aliphatic heterocycles. The highest BCUT2D eigenvalue weighted by Crippen LogP contribution is 2.12. The largest absolute Gasteiger partial charge is 0.444 e. The third-order valence-corrected chi connectivity index (χ3v) is 3.13. The first kappa shape index (κ1) is 18.9. The summed E-state index contributed by atoms with van der Waals surface area (Å²) in [6.07, 6.45) is 0.399. The summed E-state index contributed by atoms with van der Waals surface area (Å²) in [5.74, 6) is 0. The van der Waals surface area contributed by atoms with Crippen molar-refractivity contribution in [1.29, 1.82) is 0 Å². The fourth-order valence-electron chi connectivity index (χ4n) is 1.88. The highest BCUT2D eigenvalue weighted by molar-refractivity contribution is 5.67. The van der Waals surface area contributed by atoms with Crippen LogP contribution in [0, 0.1) is 10.1 Å². The van der Waals surface area contributed by atoms with Crippen LogP contribution in [0.5, 0.6) is 0 Å². The molecule has 1 amide bonds. The molecule has 1 aromatic rings. The molecular weight excluding hydrogens is 298 g/mol. The molecular formula is C16H25N3O4. The zero-order valence-corrected chi connectivity index (χ0v) is 14.1. The van der Waals surface area contributed by atoms with Gasteiger partial charge in [0.25, 0.3) is 5.69 Å². The molecule has 2 N–H and O–H groups in total. The van der Waals surface area contributed by atoms with Crippen LogP contribution in [-0.2, 0) is 11.3 Å². The number of nitrogens with one attached hydrogen (secondary N) is 2. The zero-order chi connectivity index (χ0) is 17.5. The number of ether oxygens (including phenoxy) is 1. The average molecular weight is 323 g/mol. The Morgan fingerprint density at radius 3 is 2.39 bits per heavy atom. The summed E-state index contributed by atoms with van der Waals surface area (Å²) >= 11 is 0. The van der Waals surface area contributed by atoms with E-state index in [2.05, 4.69) is 10.6 Å². The predicted octanol–water partition coefficient (Wildman–Crippen LogP) is 2.99. The van der Waals surface area contributed by atoms with Crippen LogP contribution in [0.1, 0.15) is 39.7 Å². The number of nitro groups is 1. The van der Waals surface area contributed by atoms with Crippen molar-refractivity contribution in [2.75, 3.05) is 6.54 Å². The Morgan fingerprint density at radius 2 is 1.91 bits per heavy atom. The molecule has 0 saturated carbocycles. The van der Waals surface area contributed by atoms with E-state index in [4.69, 9.17) is 4.74 Å². The van der Waals surface area contributed by atoms with Gasteiger partial charge in [0.05, 0.1) is 4.92 Å². The van der Waals surface area contributed by atoms with Gasteiger partial charge in [-0.25, -0.2) is 4.79 Å². The Morgan fingerprint density at radius 1 is 1.30 bits per heavy atom. The molecule has 0 bridgehead atoms. The molecule has 0 heterocycles. The lowest BCUT2D eigenvalue weighted by molar-refractivity contribution is -0.384. The molecule has 0 spiro atoms. The maximum Gasteiger partial charge on any atom is 0.407 e. The van der Waals surface area contributed by atoms with Crippen LogP contribution in [-0.4, -0.2) is 29.2 Å². The SMILES string of the molecule is CCC(CNC(=O)OC(C)(C)C)NCc1ccc([N+](=O)[O-])cc1. The van der Waals surface area contributed by atoms with E-state index in [1.165, 1.54) is 12.1 Å². The number of non-ortho nitro benzene ring substituents is 1. The minimum atomic E-state index is -0.516. The summed E-state index contributed by atoms with van der Waals surface area (Å²) in [5, 5.41) is 16.7. The van der Waals surface area contributed by atoms with E-state index >= 15 is 0 Å². The summed E-state index contributed by atoms with van der Waals surface area (Å²) < 4.78 is 5.19. The highest BCUT2D eigenvalue weighted by atomic mass is 16.6. The average Bonchev–Trinajstić information content (AvgIpc) is 2.46. The molecule has 128 valence electrons. The number of carbonyl (C=O) groups is 1. The fraction of sp³-hybridized carbons (Fsp3) is 0.562. The lowest BCUT2D eigenvalue weighted by Crippen LogP contribution is -2.42. The van der Waals surface area contributed by atoms with Crippen LogP contribution in [0.25, 0.3) is 0 Å². The summed E-state index contributed by atoms with van der Waals surface area (Å²) in [7, 11) is 0. The van der Waals surface area contributed by atoms with Crippen molar-refractivity contribution in [3.63, 3.8) is 0 Å². The van der Waals surface area contributed by atoms with Crippen LogP contribution in [0.2, 0.25) is 0 Å². The number of nitro benzene ring substituents is 1. The van der Waals surface area contributed by atoms with Gasteiger partial charge in [0, 0.05) is 31.3 Å². The van der Waals surface area contributed by atoms with Crippen LogP contribution in [0.4, 0.5) is 10.5 Å². The molecule has 1 aromatic carbocycles. The number of nitrogens with zero attached hydrogens (tertiary/aromatic N) is 1. The maximum absolute atomic E-state index is 11.6. The van der Waals surface area contributed by atoms with E-state index in [9.17, 15) is 14.9 Å². The second kappa shape index (κ2) is 8.47. The van der Waals surface area contributed by atoms with E-state index < -0.39 is 16.6 Å². The van der Waals surface area contributed by atoms with Crippen molar-refractivity contribution in [3.8, 4) is 0 Å². The van der Waals surface area contributed by atoms with Gasteiger partial charge >= 0.3 is 6.09 Å². The number of carbonyl (C=O) groups excluding carboxylic acids is 1. The van der Waals surface area contributed by atoms with Crippen molar-refractivity contribution in [2.24, 2.45) is 0 Å². The number of alkyl carbamates (subject to hydrolysis) is 1. The molecule has 0 fully saturated rings. The Labute approximate surface area is 136 Å². The second-order valence-corrected chi connectivity index (χ2v) is 6.29. The first-order valence-electron chi connectivity index (χ1n) is 7.65. The minimum absolute atomic E-state index is 0.0763. The van der Waals surface area contributed by atoms with Gasteiger partial charge in [-0.05, 0) is 32.8 Å². The topological polar surface area (TPSA) is 93.5 Å². The quantitative estimate of drug-likeness (QED) is 0.594. The number of hydrogen-bond acceptors (Lipinski definition) is 5. The number of benzene rings is 1. The molecule has 23 heavy (non-hydrogen) atoms. The lowest BCUT2D eigenvalue weighted by Gasteiger charge is -2.22. The normalized spacial score (nSPS) is 12.5. The zero-order valence-electron chi connectivity index (χ0n) is 14.1. The third-order valence-electron chi connectivity index (χ3n) is 3.13. The van der Waals surface area contributed by atoms with E-state index in [0.29, 0.717) is 13.1 Å². The van der Waals surface area contributed by atoms with Crippen molar-refractivity contribution >= 4 is 11.8 Å². The maximum atomic E-state index is 11.6. The van der Waals surface area contributed by atoms with Crippen LogP contribution < -0.4 is 10.6 Å². The summed E-state index contributed by atoms with van der Waals surface area (Å²) in [4.78, 5) is 21.8. The molecule has 0 aliphatic rings. The van der Waals surface area contributed by atoms with Crippen molar-refractivity contribution in [2.45, 2.75) is 52.3 Å². The molecule has 0 radical (unpaired) electrons. The van der Waals surface area contributed by atoms with Crippen LogP contribution in [0.3, 0.4) is 0 Å². The van der Waals surface area contributed by atoms with Crippen molar-refractivity contribution in [3.05, 3.63) is 39.9 Å². The van der Waals surface area contributed by atoms with Crippen molar-refractivity contribution < 1.29 is 14.5 Å². The number of hydrogen-bond donors (Lipinski definition) is 2. The molecule has 7 heteroatoms. The van der Waals surface area contributed by atoms with Gasteiger partial charge in [0.2, 0.25) is 0 Å². The van der Waals surface area contributed by atoms with Crippen LogP contribution in [0.15, 0.2) is 24.3 Å². The monoisotopic (exact) mass is 323 g/mol. The highest BCUT2D eigenvalue weighted by Gasteiger charge is 2.17. The van der Waals surface area contributed by atoms with E-state index in [1.54, 1.807) is 12.1 Å². The van der Waals surface area contributed by atoms with Gasteiger partial charge in [-0.3, -0.25) is 10.1 Å². The van der Waals surface area contributed by atoms with Gasteiger partial charge < -0.3 is 15.4 Å². The van der Waals surface area contributed by atoms with E-state index in [1.807, 2.05) is 27.7 Å². The summed E-state index contributed by atoms with van der Waals surface area (Å²) in [6, 6.07) is 6.50. The van der Waals surface area contributed by atoms with Crippen LogP contribution >= 0.6 is 0 Å². The minimum Gasteiger partial charge on any atom is -0.444 e. The third kappa shape index (κ3) is 7.60. The van der Waals surface area contributed by atoms with Gasteiger partial charge in [0.1, 0.15) is 5.60 Å². The van der Waals surface area contributed by atoms with Crippen molar-refractivity contribution in [1.82, 2.24) is 10.6 Å². The molecule has 0 aliphatic carbocycles. The smallest absolute Gasteiger partial charge is 0.407 e. The first-order valence-corrected chi connectivity index (χ1v) is 7.65. The summed E-state index contributed by atoms with van der Waals surface area (Å²) in [5.41, 5.74) is 0.511. The standard InChI is InChI=1S/C16H25N3O4/c1-5-13(11-18-15(20)23-16(2,3)4)17-10-12-6-8-14(9-7-12)19(21)22/h6-9,13,17H,5,10-11H2,1-4H3,(H,18,20). The second-order valence-electron chi connectivity index (χ2n) is 6.29. The lowest BCUT2D eigenvalue weighted by atomic mass is 10.1. The van der Waals surface area contributed by atoms with E-state index in [-0.39, 0.29) is 11.7 Å². The van der Waals surface area contributed by atoms with Gasteiger partial charge in [-0.1, -0.05) is 19.1 Å². The first-order chi connectivity index (χ1) is 10.7. The Hall–Kier alpha value is -2.15. The van der Waals surface area contributed by atoms with Gasteiger partial charge in [-0.15, -0.1) is 0 Å². The van der Waals surface area contributed by atoms with Gasteiger partial charge in [0.15, 0.2) is 0 Å². The molecule has 0 aromatic heterocycles. The Bertz CT molecular complexity index is 523. The number of amides is 1. The molecule has 1 rings (SSSR count). The number of rotatable bonds is 7. The molecule has 1 unspecified atom stereocenters.